The highest BCUT2D eigenvalue weighted by Gasteiger charge is 2.24. The predicted octanol–water partition coefficient (Wildman–Crippen LogP) is -1.56. The summed E-state index contributed by atoms with van der Waals surface area (Å²) in [6, 6.07) is 5.60. The van der Waals surface area contributed by atoms with E-state index >= 15 is 0 Å². The Morgan fingerprint density at radius 1 is 1.17 bits per heavy atom. The van der Waals surface area contributed by atoms with Gasteiger partial charge in [-0.3, -0.25) is 30.6 Å². The van der Waals surface area contributed by atoms with Crippen LogP contribution in [0.25, 0.3) is 0 Å². The molecule has 0 aliphatic carbocycles. The number of nitro benzene ring substituents is 1. The second-order valence-electron chi connectivity index (χ2n) is 4.31. The lowest BCUT2D eigenvalue weighted by Gasteiger charge is -2.06. The van der Waals surface area contributed by atoms with E-state index < -0.39 is 16.7 Å². The average Bonchev–Trinajstić information content (AvgIpc) is 2.97. The van der Waals surface area contributed by atoms with E-state index in [0.29, 0.717) is 5.56 Å². The molecule has 23 heavy (non-hydrogen) atoms. The monoisotopic (exact) mass is 320 g/mol. The van der Waals surface area contributed by atoms with Crippen molar-refractivity contribution in [3.63, 3.8) is 0 Å². The third kappa shape index (κ3) is 3.28. The van der Waals surface area contributed by atoms with Gasteiger partial charge in [0.05, 0.1) is 11.5 Å². The number of rotatable bonds is 5. The molecule has 0 radical (unpaired) electrons. The number of nitrogens with zero attached hydrogens (tertiary/aromatic N) is 4. The fourth-order valence-electron chi connectivity index (χ4n) is 1.83. The number of nitro groups is 1. The van der Waals surface area contributed by atoms with E-state index in [-0.39, 0.29) is 23.6 Å². The minimum atomic E-state index is -0.807. The van der Waals surface area contributed by atoms with Crippen LogP contribution < -0.4 is 22.5 Å². The zero-order chi connectivity index (χ0) is 17.0. The first kappa shape index (κ1) is 16.0. The molecule has 0 fully saturated rings. The molecule has 12 nitrogen and oxygen atoms in total. The molecule has 6 N–H and O–H groups in total. The number of carbonyl (C=O) groups excluding carboxylic acids is 2. The largest absolute Gasteiger partial charge is 0.289 e. The SMILES string of the molecule is NNC(=O)c1nnn(Cc2ccc([N+](=O)[O-])cc2)c1C(=O)NN. The molecule has 2 amide bonds. The Kier molecular flexibility index (Phi) is 4.58. The number of non-ortho nitro benzene ring substituents is 1. The molecule has 0 bridgehead atoms. The summed E-state index contributed by atoms with van der Waals surface area (Å²) in [5.41, 5.74) is 3.78. The zero-order valence-electron chi connectivity index (χ0n) is 11.6. The molecule has 0 aliphatic heterocycles. The first-order valence-corrected chi connectivity index (χ1v) is 6.16. The molecule has 0 aliphatic rings. The molecule has 1 heterocycles. The molecule has 0 saturated carbocycles. The molecular weight excluding hydrogens is 308 g/mol. The Balaban J connectivity index is 2.35. The lowest BCUT2D eigenvalue weighted by Crippen LogP contribution is -2.36. The van der Waals surface area contributed by atoms with Gasteiger partial charge in [0, 0.05) is 12.1 Å². The van der Waals surface area contributed by atoms with E-state index in [1.165, 1.54) is 24.3 Å². The van der Waals surface area contributed by atoms with Gasteiger partial charge in [-0.25, -0.2) is 16.4 Å². The Bertz CT molecular complexity index is 754. The number of hydrogen-bond donors (Lipinski definition) is 4. The topological polar surface area (TPSA) is 184 Å². The van der Waals surface area contributed by atoms with Crippen molar-refractivity contribution < 1.29 is 14.5 Å². The number of hydrazine groups is 2. The van der Waals surface area contributed by atoms with Gasteiger partial charge in [0.1, 0.15) is 0 Å². The maximum atomic E-state index is 11.8. The summed E-state index contributed by atoms with van der Waals surface area (Å²) in [4.78, 5) is 33.5. The van der Waals surface area contributed by atoms with Crippen molar-refractivity contribution in [2.75, 3.05) is 0 Å². The smallest absolute Gasteiger partial charge is 0.288 e. The number of benzene rings is 1. The Morgan fingerprint density at radius 2 is 1.78 bits per heavy atom. The minimum absolute atomic E-state index is 0.0472. The summed E-state index contributed by atoms with van der Waals surface area (Å²) in [5.74, 6) is 8.51. The molecule has 12 heteroatoms. The van der Waals surface area contributed by atoms with Crippen LogP contribution in [0.5, 0.6) is 0 Å². The van der Waals surface area contributed by atoms with Crippen LogP contribution in [-0.4, -0.2) is 31.7 Å². The molecule has 0 spiro atoms. The van der Waals surface area contributed by atoms with Crippen LogP contribution in [0.1, 0.15) is 26.5 Å². The summed E-state index contributed by atoms with van der Waals surface area (Å²) in [7, 11) is 0. The van der Waals surface area contributed by atoms with Crippen molar-refractivity contribution in [3.05, 3.63) is 51.3 Å². The van der Waals surface area contributed by atoms with Crippen LogP contribution in [0, 0.1) is 10.1 Å². The van der Waals surface area contributed by atoms with Crippen molar-refractivity contribution in [3.8, 4) is 0 Å². The number of amides is 2. The van der Waals surface area contributed by atoms with Gasteiger partial charge in [-0.15, -0.1) is 5.10 Å². The normalized spacial score (nSPS) is 10.2. The number of nitrogens with two attached hydrogens (primary N) is 2. The Labute approximate surface area is 128 Å². The van der Waals surface area contributed by atoms with Crippen molar-refractivity contribution in [2.24, 2.45) is 11.7 Å². The first-order valence-electron chi connectivity index (χ1n) is 6.16. The number of nitrogens with one attached hydrogen (secondary N) is 2. The van der Waals surface area contributed by atoms with E-state index in [2.05, 4.69) is 10.3 Å². The highest BCUT2D eigenvalue weighted by Crippen LogP contribution is 2.14. The van der Waals surface area contributed by atoms with Crippen LogP contribution in [0.2, 0.25) is 0 Å². The number of nitrogen functional groups attached to an aromatic ring is 2. The van der Waals surface area contributed by atoms with Gasteiger partial charge >= 0.3 is 0 Å². The standard InChI is InChI=1S/C11H12N8O4/c12-14-10(20)8-9(11(21)15-13)18(17-16-8)5-6-1-3-7(4-2-6)19(22)23/h1-4H,5,12-13H2,(H,14,20)(H,15,21). The lowest BCUT2D eigenvalue weighted by molar-refractivity contribution is -0.384. The van der Waals surface area contributed by atoms with Crippen LogP contribution in [0.3, 0.4) is 0 Å². The molecule has 0 atom stereocenters. The zero-order valence-corrected chi connectivity index (χ0v) is 11.6. The maximum absolute atomic E-state index is 11.8. The van der Waals surface area contributed by atoms with Gasteiger partial charge in [0.15, 0.2) is 11.4 Å². The molecule has 2 aromatic rings. The van der Waals surface area contributed by atoms with Crippen molar-refractivity contribution in [1.82, 2.24) is 25.8 Å². The maximum Gasteiger partial charge on any atom is 0.288 e. The highest BCUT2D eigenvalue weighted by molar-refractivity contribution is 6.04. The van der Waals surface area contributed by atoms with E-state index in [1.54, 1.807) is 0 Å². The number of carbonyl (C=O) groups is 2. The fourth-order valence-corrected chi connectivity index (χ4v) is 1.83. The minimum Gasteiger partial charge on any atom is -0.289 e. The number of aromatic nitrogens is 3. The summed E-state index contributed by atoms with van der Waals surface area (Å²) >= 11 is 0. The molecule has 1 aromatic heterocycles. The second-order valence-corrected chi connectivity index (χ2v) is 4.31. The van der Waals surface area contributed by atoms with Gasteiger partial charge in [-0.1, -0.05) is 17.3 Å². The van der Waals surface area contributed by atoms with Crippen LogP contribution in [0.15, 0.2) is 24.3 Å². The summed E-state index contributed by atoms with van der Waals surface area (Å²) < 4.78 is 1.13. The first-order chi connectivity index (χ1) is 11.0. The van der Waals surface area contributed by atoms with Crippen molar-refractivity contribution in [1.29, 1.82) is 0 Å². The third-order valence-electron chi connectivity index (χ3n) is 2.91. The lowest BCUT2D eigenvalue weighted by atomic mass is 10.2. The van der Waals surface area contributed by atoms with E-state index in [9.17, 15) is 19.7 Å². The molecule has 2 rings (SSSR count). The highest BCUT2D eigenvalue weighted by atomic mass is 16.6. The van der Waals surface area contributed by atoms with Crippen LogP contribution in [-0.2, 0) is 6.54 Å². The molecule has 120 valence electrons. The van der Waals surface area contributed by atoms with Gasteiger partial charge in [0.25, 0.3) is 17.5 Å². The van der Waals surface area contributed by atoms with Gasteiger partial charge in [-0.05, 0) is 5.56 Å². The molecule has 0 saturated heterocycles. The fraction of sp³-hybridized carbons (Fsp3) is 0.0909. The van der Waals surface area contributed by atoms with Crippen LogP contribution in [0.4, 0.5) is 5.69 Å². The number of hydrogen-bond acceptors (Lipinski definition) is 8. The predicted molar refractivity (Wildman–Crippen MR) is 75.5 cm³/mol. The van der Waals surface area contributed by atoms with E-state index in [4.69, 9.17) is 11.7 Å². The Hall–Kier alpha value is -3.38. The second kappa shape index (κ2) is 6.59. The summed E-state index contributed by atoms with van der Waals surface area (Å²) in [5, 5.41) is 17.9. The molecular formula is C11H12N8O4. The average molecular weight is 320 g/mol. The van der Waals surface area contributed by atoms with E-state index in [1.807, 2.05) is 10.9 Å². The van der Waals surface area contributed by atoms with Gasteiger partial charge in [0.2, 0.25) is 0 Å². The Morgan fingerprint density at radius 3 is 2.30 bits per heavy atom. The molecule has 1 aromatic carbocycles. The van der Waals surface area contributed by atoms with Crippen molar-refractivity contribution in [2.45, 2.75) is 6.54 Å². The van der Waals surface area contributed by atoms with Crippen LogP contribution >= 0.6 is 0 Å². The quantitative estimate of drug-likeness (QED) is 0.220. The van der Waals surface area contributed by atoms with Crippen molar-refractivity contribution >= 4 is 17.5 Å². The van der Waals surface area contributed by atoms with E-state index in [0.717, 1.165) is 4.68 Å². The van der Waals surface area contributed by atoms with Gasteiger partial charge < -0.3 is 0 Å². The molecule has 0 unspecified atom stereocenters. The summed E-state index contributed by atoms with van der Waals surface area (Å²) in [6.07, 6.45) is 0. The third-order valence-corrected chi connectivity index (χ3v) is 2.91. The van der Waals surface area contributed by atoms with Gasteiger partial charge in [-0.2, -0.15) is 0 Å². The summed E-state index contributed by atoms with van der Waals surface area (Å²) in [6.45, 7) is 0.0472.